The average Bonchev–Trinajstić information content (AvgIpc) is 3.01. The van der Waals surface area contributed by atoms with Crippen molar-refractivity contribution in [2.45, 2.75) is 0 Å². The van der Waals surface area contributed by atoms with Crippen molar-refractivity contribution in [3.05, 3.63) is 48.7 Å². The second-order valence-corrected chi connectivity index (χ2v) is 4.63. The summed E-state index contributed by atoms with van der Waals surface area (Å²) in [7, 11) is 0. The van der Waals surface area contributed by atoms with Crippen molar-refractivity contribution in [1.82, 2.24) is 15.2 Å². The summed E-state index contributed by atoms with van der Waals surface area (Å²) in [5, 5.41) is 9.16. The van der Waals surface area contributed by atoms with Gasteiger partial charge in [-0.15, -0.1) is 0 Å². The Labute approximate surface area is 109 Å². The monoisotopic (exact) mass is 248 g/mol. The lowest BCUT2D eigenvalue weighted by molar-refractivity contribution is 1.10. The smallest absolute Gasteiger partial charge is 0.126 e. The average molecular weight is 248 g/mol. The number of nitrogens with two attached hydrogens (primary N) is 1. The summed E-state index contributed by atoms with van der Waals surface area (Å²) in [5.41, 5.74) is 10.2. The summed E-state index contributed by atoms with van der Waals surface area (Å²) in [6, 6.07) is 14.6. The molecule has 2 aromatic heterocycles. The predicted molar refractivity (Wildman–Crippen MR) is 77.8 cm³/mol. The van der Waals surface area contributed by atoms with Gasteiger partial charge in [0, 0.05) is 27.4 Å². The molecule has 92 valence electrons. The van der Waals surface area contributed by atoms with Crippen molar-refractivity contribution in [2.24, 2.45) is 0 Å². The Bertz CT molecular complexity index is 885. The van der Waals surface area contributed by atoms with Crippen LogP contribution in [0, 0.1) is 0 Å². The van der Waals surface area contributed by atoms with E-state index in [9.17, 15) is 0 Å². The number of aromatic amines is 2. The summed E-state index contributed by atoms with van der Waals surface area (Å²) < 4.78 is 0. The number of anilines is 1. The number of fused-ring (bicyclic) bond motifs is 3. The van der Waals surface area contributed by atoms with Crippen molar-refractivity contribution in [3.63, 3.8) is 0 Å². The largest absolute Gasteiger partial charge is 0.384 e. The molecule has 0 aliphatic carbocycles. The molecular formula is C15H12N4. The highest BCUT2D eigenvalue weighted by molar-refractivity contribution is 6.08. The second kappa shape index (κ2) is 3.62. The van der Waals surface area contributed by atoms with Gasteiger partial charge in [-0.2, -0.15) is 5.10 Å². The Kier molecular flexibility index (Phi) is 1.94. The molecule has 19 heavy (non-hydrogen) atoms. The first-order chi connectivity index (χ1) is 9.33. The molecule has 0 fully saturated rings. The van der Waals surface area contributed by atoms with Crippen LogP contribution in [0.25, 0.3) is 32.9 Å². The molecule has 0 amide bonds. The van der Waals surface area contributed by atoms with Crippen LogP contribution in [0.4, 0.5) is 5.82 Å². The number of aromatic nitrogens is 3. The summed E-state index contributed by atoms with van der Waals surface area (Å²) >= 11 is 0. The SMILES string of the molecule is Nc1[nH]ncc1-c1ccc2[nH]c3ccccc3c2c1. The minimum Gasteiger partial charge on any atom is -0.384 e. The molecule has 4 nitrogen and oxygen atoms in total. The molecule has 0 saturated heterocycles. The molecule has 0 aliphatic heterocycles. The van der Waals surface area contributed by atoms with Gasteiger partial charge in [0.05, 0.1) is 6.20 Å². The molecular weight excluding hydrogens is 236 g/mol. The van der Waals surface area contributed by atoms with Crippen LogP contribution in [0.2, 0.25) is 0 Å². The predicted octanol–water partition coefficient (Wildman–Crippen LogP) is 3.29. The molecule has 0 aliphatic rings. The number of nitrogen functional groups attached to an aromatic ring is 1. The van der Waals surface area contributed by atoms with Crippen LogP contribution in [-0.2, 0) is 0 Å². The molecule has 2 aromatic carbocycles. The number of nitrogens with one attached hydrogen (secondary N) is 2. The van der Waals surface area contributed by atoms with E-state index in [2.05, 4.69) is 51.6 Å². The highest BCUT2D eigenvalue weighted by Crippen LogP contribution is 2.31. The quantitative estimate of drug-likeness (QED) is 0.483. The van der Waals surface area contributed by atoms with Crippen LogP contribution in [-0.4, -0.2) is 15.2 Å². The van der Waals surface area contributed by atoms with Crippen molar-refractivity contribution in [2.75, 3.05) is 5.73 Å². The molecule has 2 heterocycles. The molecule has 0 radical (unpaired) electrons. The van der Waals surface area contributed by atoms with E-state index >= 15 is 0 Å². The maximum Gasteiger partial charge on any atom is 0.126 e. The molecule has 0 bridgehead atoms. The number of nitrogens with zero attached hydrogens (tertiary/aromatic N) is 1. The van der Waals surface area contributed by atoms with Gasteiger partial charge >= 0.3 is 0 Å². The van der Waals surface area contributed by atoms with Gasteiger partial charge in [-0.1, -0.05) is 24.3 Å². The lowest BCUT2D eigenvalue weighted by atomic mass is 10.0. The third kappa shape index (κ3) is 1.43. The molecule has 0 atom stereocenters. The molecule has 4 N–H and O–H groups in total. The fourth-order valence-electron chi connectivity index (χ4n) is 2.54. The second-order valence-electron chi connectivity index (χ2n) is 4.63. The lowest BCUT2D eigenvalue weighted by Gasteiger charge is -2.00. The van der Waals surface area contributed by atoms with Gasteiger partial charge in [-0.25, -0.2) is 0 Å². The molecule has 4 heteroatoms. The number of hydrogen-bond acceptors (Lipinski definition) is 2. The Morgan fingerprint density at radius 3 is 2.63 bits per heavy atom. The fraction of sp³-hybridized carbons (Fsp3) is 0. The number of hydrogen-bond donors (Lipinski definition) is 3. The van der Waals surface area contributed by atoms with E-state index in [-0.39, 0.29) is 0 Å². The molecule has 0 spiro atoms. The van der Waals surface area contributed by atoms with E-state index in [0.29, 0.717) is 5.82 Å². The van der Waals surface area contributed by atoms with Gasteiger partial charge in [0.1, 0.15) is 5.82 Å². The van der Waals surface area contributed by atoms with E-state index in [1.807, 2.05) is 6.07 Å². The normalized spacial score (nSPS) is 11.4. The lowest BCUT2D eigenvalue weighted by Crippen LogP contribution is -1.87. The molecule has 4 aromatic rings. The van der Waals surface area contributed by atoms with Crippen LogP contribution in [0.3, 0.4) is 0 Å². The van der Waals surface area contributed by atoms with Gasteiger partial charge in [0.15, 0.2) is 0 Å². The van der Waals surface area contributed by atoms with Gasteiger partial charge in [0.25, 0.3) is 0 Å². The Hall–Kier alpha value is -2.75. The number of benzene rings is 2. The maximum atomic E-state index is 5.88. The van der Waals surface area contributed by atoms with Gasteiger partial charge in [-0.05, 0) is 23.8 Å². The molecule has 0 saturated carbocycles. The first kappa shape index (κ1) is 10.2. The first-order valence-electron chi connectivity index (χ1n) is 6.12. The number of H-pyrrole nitrogens is 2. The van der Waals surface area contributed by atoms with Crippen molar-refractivity contribution in [3.8, 4) is 11.1 Å². The zero-order chi connectivity index (χ0) is 12.8. The van der Waals surface area contributed by atoms with Crippen LogP contribution >= 0.6 is 0 Å². The minimum atomic E-state index is 0.596. The van der Waals surface area contributed by atoms with Crippen LogP contribution in [0.5, 0.6) is 0 Å². The summed E-state index contributed by atoms with van der Waals surface area (Å²) in [4.78, 5) is 3.41. The fourth-order valence-corrected chi connectivity index (χ4v) is 2.54. The number of rotatable bonds is 1. The zero-order valence-corrected chi connectivity index (χ0v) is 10.1. The third-order valence-electron chi connectivity index (χ3n) is 3.49. The van der Waals surface area contributed by atoms with E-state index < -0.39 is 0 Å². The summed E-state index contributed by atoms with van der Waals surface area (Å²) in [6.07, 6.45) is 1.76. The Balaban J connectivity index is 2.05. The van der Waals surface area contributed by atoms with E-state index in [1.54, 1.807) is 6.20 Å². The molecule has 4 rings (SSSR count). The van der Waals surface area contributed by atoms with Gasteiger partial charge < -0.3 is 10.7 Å². The standard InChI is InChI=1S/C15H12N4/c16-15-12(8-17-19-15)9-5-6-14-11(7-9)10-3-1-2-4-13(10)18-14/h1-8,18H,(H3,16,17,19). The summed E-state index contributed by atoms with van der Waals surface area (Å²) in [6.45, 7) is 0. The topological polar surface area (TPSA) is 70.5 Å². The van der Waals surface area contributed by atoms with Crippen LogP contribution < -0.4 is 5.73 Å². The Morgan fingerprint density at radius 2 is 1.79 bits per heavy atom. The van der Waals surface area contributed by atoms with Crippen LogP contribution in [0.15, 0.2) is 48.7 Å². The zero-order valence-electron chi connectivity index (χ0n) is 10.1. The van der Waals surface area contributed by atoms with Crippen molar-refractivity contribution >= 4 is 27.6 Å². The minimum absolute atomic E-state index is 0.596. The van der Waals surface area contributed by atoms with Gasteiger partial charge in [-0.3, -0.25) is 5.10 Å². The highest BCUT2D eigenvalue weighted by atomic mass is 15.1. The van der Waals surface area contributed by atoms with E-state index in [0.717, 1.165) is 22.2 Å². The molecule has 0 unspecified atom stereocenters. The highest BCUT2D eigenvalue weighted by Gasteiger charge is 2.08. The Morgan fingerprint density at radius 1 is 0.947 bits per heavy atom. The van der Waals surface area contributed by atoms with E-state index in [4.69, 9.17) is 5.73 Å². The number of para-hydroxylation sites is 1. The van der Waals surface area contributed by atoms with E-state index in [1.165, 1.54) is 10.8 Å². The first-order valence-corrected chi connectivity index (χ1v) is 6.12. The summed E-state index contributed by atoms with van der Waals surface area (Å²) in [5.74, 6) is 0.596. The maximum absolute atomic E-state index is 5.88. The van der Waals surface area contributed by atoms with Gasteiger partial charge in [0.2, 0.25) is 0 Å². The van der Waals surface area contributed by atoms with Crippen molar-refractivity contribution in [1.29, 1.82) is 0 Å². The van der Waals surface area contributed by atoms with Crippen molar-refractivity contribution < 1.29 is 0 Å². The van der Waals surface area contributed by atoms with Crippen LogP contribution in [0.1, 0.15) is 0 Å². The third-order valence-corrected chi connectivity index (χ3v) is 3.49.